The average Bonchev–Trinajstić information content (AvgIpc) is 2.84. The fourth-order valence-corrected chi connectivity index (χ4v) is 2.95. The van der Waals surface area contributed by atoms with Crippen molar-refractivity contribution in [3.63, 3.8) is 0 Å². The number of aromatic nitrogens is 3. The molecule has 3 rings (SSSR count). The summed E-state index contributed by atoms with van der Waals surface area (Å²) in [5.41, 5.74) is 2.14. The van der Waals surface area contributed by atoms with Gasteiger partial charge in [0.15, 0.2) is 0 Å². The van der Waals surface area contributed by atoms with Crippen LogP contribution in [-0.4, -0.2) is 45.6 Å². The summed E-state index contributed by atoms with van der Waals surface area (Å²) in [7, 11) is 0. The van der Waals surface area contributed by atoms with E-state index in [1.807, 2.05) is 6.07 Å². The fraction of sp³-hybridized carbons (Fsp3) is 0.562. The second-order valence-corrected chi connectivity index (χ2v) is 6.25. The third-order valence-corrected chi connectivity index (χ3v) is 3.96. The molecule has 6 heteroatoms. The van der Waals surface area contributed by atoms with Crippen molar-refractivity contribution < 1.29 is 0 Å². The molecule has 1 N–H and O–H groups in total. The maximum absolute atomic E-state index is 9.04. The van der Waals surface area contributed by atoms with Crippen LogP contribution in [0.4, 0.5) is 0 Å². The predicted octanol–water partition coefficient (Wildman–Crippen LogP) is 1.36. The predicted molar refractivity (Wildman–Crippen MR) is 85.2 cm³/mol. The normalized spacial score (nSPS) is 16.3. The second kappa shape index (κ2) is 6.42. The van der Waals surface area contributed by atoms with E-state index in [0.29, 0.717) is 5.92 Å². The first-order valence-electron chi connectivity index (χ1n) is 7.85. The van der Waals surface area contributed by atoms with Gasteiger partial charge in [0.1, 0.15) is 11.7 Å². The van der Waals surface area contributed by atoms with Gasteiger partial charge < -0.3 is 9.88 Å². The molecule has 6 nitrogen and oxygen atoms in total. The number of hydrogen-bond donors (Lipinski definition) is 1. The molecule has 22 heavy (non-hydrogen) atoms. The van der Waals surface area contributed by atoms with Crippen LogP contribution in [0.5, 0.6) is 0 Å². The first-order chi connectivity index (χ1) is 10.7. The summed E-state index contributed by atoms with van der Waals surface area (Å²) < 4.78 is 2.25. The summed E-state index contributed by atoms with van der Waals surface area (Å²) in [4.78, 5) is 11.0. The molecule has 0 atom stereocenters. The Bertz CT molecular complexity index is 690. The molecule has 1 aliphatic rings. The van der Waals surface area contributed by atoms with Gasteiger partial charge in [-0.1, -0.05) is 13.8 Å². The highest BCUT2D eigenvalue weighted by Crippen LogP contribution is 2.21. The topological polar surface area (TPSA) is 69.8 Å². The molecule has 2 aromatic rings. The van der Waals surface area contributed by atoms with Gasteiger partial charge in [0.05, 0.1) is 0 Å². The van der Waals surface area contributed by atoms with E-state index in [1.54, 1.807) is 6.20 Å². The Balaban J connectivity index is 1.98. The standard InChI is InChI=1S/C16H22N6/c1-12(2)10-22-14(11-21-5-3-18-4-6-21)7-13-9-19-15(8-17)20-16(13)22/h7,9,12,18H,3-6,10-11H2,1-2H3. The van der Waals surface area contributed by atoms with E-state index in [4.69, 9.17) is 5.26 Å². The minimum Gasteiger partial charge on any atom is -0.328 e. The lowest BCUT2D eigenvalue weighted by Gasteiger charge is -2.27. The molecule has 0 amide bonds. The lowest BCUT2D eigenvalue weighted by Crippen LogP contribution is -2.43. The van der Waals surface area contributed by atoms with Crippen molar-refractivity contribution in [3.8, 4) is 6.07 Å². The van der Waals surface area contributed by atoms with Crippen molar-refractivity contribution in [1.82, 2.24) is 24.8 Å². The monoisotopic (exact) mass is 298 g/mol. The molecule has 3 heterocycles. The van der Waals surface area contributed by atoms with Crippen LogP contribution in [0.2, 0.25) is 0 Å². The highest BCUT2D eigenvalue weighted by Gasteiger charge is 2.16. The summed E-state index contributed by atoms with van der Waals surface area (Å²) >= 11 is 0. The summed E-state index contributed by atoms with van der Waals surface area (Å²) in [5.74, 6) is 0.766. The number of fused-ring (bicyclic) bond motifs is 1. The second-order valence-electron chi connectivity index (χ2n) is 6.25. The summed E-state index contributed by atoms with van der Waals surface area (Å²) in [6.45, 7) is 10.5. The van der Waals surface area contributed by atoms with Gasteiger partial charge in [0.2, 0.25) is 5.82 Å². The zero-order valence-electron chi connectivity index (χ0n) is 13.2. The van der Waals surface area contributed by atoms with Crippen LogP contribution in [0.25, 0.3) is 11.0 Å². The van der Waals surface area contributed by atoms with Crippen molar-refractivity contribution >= 4 is 11.0 Å². The van der Waals surface area contributed by atoms with Gasteiger partial charge in [0.25, 0.3) is 0 Å². The third kappa shape index (κ3) is 3.11. The fourth-order valence-electron chi connectivity index (χ4n) is 2.95. The molecule has 0 bridgehead atoms. The largest absolute Gasteiger partial charge is 0.328 e. The van der Waals surface area contributed by atoms with Crippen molar-refractivity contribution in [1.29, 1.82) is 5.26 Å². The Morgan fingerprint density at radius 1 is 1.36 bits per heavy atom. The van der Waals surface area contributed by atoms with Crippen LogP contribution >= 0.6 is 0 Å². The van der Waals surface area contributed by atoms with E-state index in [1.165, 1.54) is 5.69 Å². The summed E-state index contributed by atoms with van der Waals surface area (Å²) in [5, 5.41) is 13.4. The van der Waals surface area contributed by atoms with Crippen LogP contribution < -0.4 is 5.32 Å². The Kier molecular flexibility index (Phi) is 4.36. The number of rotatable bonds is 4. The van der Waals surface area contributed by atoms with Gasteiger partial charge in [-0.3, -0.25) is 4.90 Å². The van der Waals surface area contributed by atoms with E-state index in [2.05, 4.69) is 44.7 Å². The molecule has 0 aliphatic carbocycles. The summed E-state index contributed by atoms with van der Waals surface area (Å²) in [6, 6.07) is 4.20. The lowest BCUT2D eigenvalue weighted by atomic mass is 10.2. The average molecular weight is 298 g/mol. The maximum atomic E-state index is 9.04. The maximum Gasteiger partial charge on any atom is 0.234 e. The van der Waals surface area contributed by atoms with Crippen molar-refractivity contribution in [2.24, 2.45) is 5.92 Å². The van der Waals surface area contributed by atoms with E-state index in [9.17, 15) is 0 Å². The molecular weight excluding hydrogens is 276 g/mol. The zero-order chi connectivity index (χ0) is 15.5. The third-order valence-electron chi connectivity index (χ3n) is 3.96. The molecular formula is C16H22N6. The SMILES string of the molecule is CC(C)Cn1c(CN2CCNCC2)cc2cnc(C#N)nc21. The molecule has 0 radical (unpaired) electrons. The smallest absolute Gasteiger partial charge is 0.234 e. The van der Waals surface area contributed by atoms with E-state index in [0.717, 1.165) is 50.3 Å². The minimum absolute atomic E-state index is 0.240. The van der Waals surface area contributed by atoms with Crippen LogP contribution in [-0.2, 0) is 13.1 Å². The quantitative estimate of drug-likeness (QED) is 0.923. The molecule has 0 saturated carbocycles. The Labute approximate surface area is 130 Å². The number of piperazine rings is 1. The first kappa shape index (κ1) is 14.9. The number of nitrogens with zero attached hydrogens (tertiary/aromatic N) is 5. The van der Waals surface area contributed by atoms with Crippen molar-refractivity contribution in [3.05, 3.63) is 23.8 Å². The number of nitriles is 1. The zero-order valence-corrected chi connectivity index (χ0v) is 13.2. The Morgan fingerprint density at radius 3 is 2.82 bits per heavy atom. The van der Waals surface area contributed by atoms with E-state index in [-0.39, 0.29) is 5.82 Å². The van der Waals surface area contributed by atoms with Crippen LogP contribution in [0.3, 0.4) is 0 Å². The van der Waals surface area contributed by atoms with Crippen LogP contribution in [0.15, 0.2) is 12.3 Å². The first-order valence-corrected chi connectivity index (χ1v) is 7.85. The molecule has 1 aliphatic heterocycles. The van der Waals surface area contributed by atoms with Crippen molar-refractivity contribution in [2.75, 3.05) is 26.2 Å². The Hall–Kier alpha value is -1.97. The molecule has 1 fully saturated rings. The lowest BCUT2D eigenvalue weighted by molar-refractivity contribution is 0.227. The van der Waals surface area contributed by atoms with E-state index >= 15 is 0 Å². The van der Waals surface area contributed by atoms with Crippen molar-refractivity contribution in [2.45, 2.75) is 26.9 Å². The summed E-state index contributed by atoms with van der Waals surface area (Å²) in [6.07, 6.45) is 1.76. The van der Waals surface area contributed by atoms with Gasteiger partial charge in [-0.25, -0.2) is 9.97 Å². The number of hydrogen-bond acceptors (Lipinski definition) is 5. The minimum atomic E-state index is 0.240. The van der Waals surface area contributed by atoms with E-state index < -0.39 is 0 Å². The molecule has 1 saturated heterocycles. The molecule has 0 unspecified atom stereocenters. The molecule has 0 spiro atoms. The van der Waals surface area contributed by atoms with Gasteiger partial charge in [-0.05, 0) is 12.0 Å². The molecule has 2 aromatic heterocycles. The van der Waals surface area contributed by atoms with Crippen LogP contribution in [0.1, 0.15) is 25.4 Å². The molecule has 116 valence electrons. The van der Waals surface area contributed by atoms with Crippen LogP contribution in [0, 0.1) is 17.2 Å². The van der Waals surface area contributed by atoms with Gasteiger partial charge in [-0.15, -0.1) is 0 Å². The highest BCUT2D eigenvalue weighted by molar-refractivity contribution is 5.76. The number of nitrogens with one attached hydrogen (secondary N) is 1. The van der Waals surface area contributed by atoms with Gasteiger partial charge in [-0.2, -0.15) is 5.26 Å². The Morgan fingerprint density at radius 2 is 2.14 bits per heavy atom. The molecule has 0 aromatic carbocycles. The van der Waals surface area contributed by atoms with Gasteiger partial charge in [0, 0.05) is 56.5 Å². The van der Waals surface area contributed by atoms with Gasteiger partial charge >= 0.3 is 0 Å². The highest BCUT2D eigenvalue weighted by atomic mass is 15.2.